The maximum Gasteiger partial charge on any atom is 0.189 e. The number of anilines is 1. The van der Waals surface area contributed by atoms with E-state index in [1.807, 2.05) is 19.1 Å². The van der Waals surface area contributed by atoms with Gasteiger partial charge in [-0.05, 0) is 62.4 Å². The highest BCUT2D eigenvalue weighted by molar-refractivity contribution is 7.80. The topological polar surface area (TPSA) is 48.1 Å². The van der Waals surface area contributed by atoms with E-state index < -0.39 is 0 Å². The molecule has 1 rings (SSSR count). The van der Waals surface area contributed by atoms with Crippen LogP contribution >= 0.6 is 24.4 Å². The average Bonchev–Trinajstić information content (AvgIpc) is 2.33. The molecule has 0 aliphatic heterocycles. The van der Waals surface area contributed by atoms with E-state index in [-0.39, 0.29) is 0 Å². The number of nitrogens with one attached hydrogen (secondary N) is 4. The number of hydrazine groups is 1. The van der Waals surface area contributed by atoms with E-state index in [9.17, 15) is 0 Å². The van der Waals surface area contributed by atoms with Crippen LogP contribution < -0.4 is 21.5 Å². The molecule has 0 saturated carbocycles. The van der Waals surface area contributed by atoms with Crippen LogP contribution in [0, 0.1) is 13.8 Å². The normalized spacial score (nSPS) is 9.50. The lowest BCUT2D eigenvalue weighted by molar-refractivity contribution is 0.825. The Hall–Kier alpha value is -1.40. The monoisotopic (exact) mass is 282 g/mol. The van der Waals surface area contributed by atoms with Crippen molar-refractivity contribution in [1.29, 1.82) is 0 Å². The van der Waals surface area contributed by atoms with Crippen LogP contribution in [0.3, 0.4) is 0 Å². The summed E-state index contributed by atoms with van der Waals surface area (Å²) >= 11 is 10.2. The standard InChI is InChI=1S/C12H18N4S2/c1-4-13-11(17)15-16-12(18)14-10-7-5-6-8(2)9(10)3/h5-7H,4H2,1-3H3,(H2,13,15,17)(H2,14,16,18). The van der Waals surface area contributed by atoms with Crippen molar-refractivity contribution in [3.63, 3.8) is 0 Å². The van der Waals surface area contributed by atoms with Gasteiger partial charge in [0.2, 0.25) is 0 Å². The van der Waals surface area contributed by atoms with Gasteiger partial charge in [-0.2, -0.15) is 0 Å². The fourth-order valence-electron chi connectivity index (χ4n) is 1.36. The highest BCUT2D eigenvalue weighted by atomic mass is 32.1. The predicted octanol–water partition coefficient (Wildman–Crippen LogP) is 1.99. The Morgan fingerprint density at radius 3 is 2.44 bits per heavy atom. The first-order valence-electron chi connectivity index (χ1n) is 5.71. The van der Waals surface area contributed by atoms with Gasteiger partial charge in [-0.1, -0.05) is 12.1 Å². The summed E-state index contributed by atoms with van der Waals surface area (Å²) in [4.78, 5) is 0. The van der Waals surface area contributed by atoms with Crippen LogP contribution in [-0.2, 0) is 0 Å². The summed E-state index contributed by atoms with van der Waals surface area (Å²) in [6, 6.07) is 6.04. The molecule has 0 heterocycles. The van der Waals surface area contributed by atoms with Crippen molar-refractivity contribution in [2.75, 3.05) is 11.9 Å². The van der Waals surface area contributed by atoms with Gasteiger partial charge in [0, 0.05) is 12.2 Å². The van der Waals surface area contributed by atoms with Crippen molar-refractivity contribution in [3.05, 3.63) is 29.3 Å². The Morgan fingerprint density at radius 1 is 1.11 bits per heavy atom. The van der Waals surface area contributed by atoms with Crippen LogP contribution in [0.2, 0.25) is 0 Å². The van der Waals surface area contributed by atoms with Crippen LogP contribution in [0.4, 0.5) is 5.69 Å². The summed E-state index contributed by atoms with van der Waals surface area (Å²) in [6.45, 7) is 6.86. The summed E-state index contributed by atoms with van der Waals surface area (Å²) in [5, 5.41) is 7.07. The lowest BCUT2D eigenvalue weighted by Gasteiger charge is -2.15. The van der Waals surface area contributed by atoms with Crippen LogP contribution in [0.15, 0.2) is 18.2 Å². The molecule has 98 valence electrons. The van der Waals surface area contributed by atoms with Crippen LogP contribution in [0.1, 0.15) is 18.1 Å². The highest BCUT2D eigenvalue weighted by Crippen LogP contribution is 2.17. The summed E-state index contributed by atoms with van der Waals surface area (Å²) in [7, 11) is 0. The Bertz CT molecular complexity index is 446. The molecule has 0 amide bonds. The maximum atomic E-state index is 5.17. The Labute approximate surface area is 119 Å². The van der Waals surface area contributed by atoms with Gasteiger partial charge in [0.25, 0.3) is 0 Å². The van der Waals surface area contributed by atoms with E-state index in [4.69, 9.17) is 24.4 Å². The van der Waals surface area contributed by atoms with Gasteiger partial charge in [-0.3, -0.25) is 10.9 Å². The summed E-state index contributed by atoms with van der Waals surface area (Å²) < 4.78 is 0. The second-order valence-corrected chi connectivity index (χ2v) is 4.63. The van der Waals surface area contributed by atoms with Crippen molar-refractivity contribution < 1.29 is 0 Å². The molecule has 0 aliphatic carbocycles. The Balaban J connectivity index is 2.50. The summed E-state index contributed by atoms with van der Waals surface area (Å²) in [5.74, 6) is 0. The van der Waals surface area contributed by atoms with Gasteiger partial charge in [0.1, 0.15) is 0 Å². The molecule has 0 aliphatic rings. The molecule has 4 nitrogen and oxygen atoms in total. The number of thiocarbonyl (C=S) groups is 2. The van der Waals surface area contributed by atoms with E-state index >= 15 is 0 Å². The van der Waals surface area contributed by atoms with Crippen molar-refractivity contribution in [2.24, 2.45) is 0 Å². The number of rotatable bonds is 2. The van der Waals surface area contributed by atoms with Crippen molar-refractivity contribution in [3.8, 4) is 0 Å². The molecule has 0 saturated heterocycles. The van der Waals surface area contributed by atoms with Gasteiger partial charge in [0.05, 0.1) is 0 Å². The molecule has 0 spiro atoms. The van der Waals surface area contributed by atoms with Crippen LogP contribution in [-0.4, -0.2) is 16.8 Å². The molecule has 1 aromatic rings. The molecule has 6 heteroatoms. The number of aryl methyl sites for hydroxylation is 1. The number of benzene rings is 1. The molecule has 0 bridgehead atoms. The van der Waals surface area contributed by atoms with Crippen molar-refractivity contribution in [2.45, 2.75) is 20.8 Å². The minimum Gasteiger partial charge on any atom is -0.362 e. The van der Waals surface area contributed by atoms with Crippen molar-refractivity contribution >= 4 is 40.3 Å². The summed E-state index contributed by atoms with van der Waals surface area (Å²) in [6.07, 6.45) is 0. The highest BCUT2D eigenvalue weighted by Gasteiger charge is 2.02. The third-order valence-corrected chi connectivity index (χ3v) is 2.93. The van der Waals surface area contributed by atoms with E-state index in [1.165, 1.54) is 11.1 Å². The molecule has 0 unspecified atom stereocenters. The number of hydrogen-bond donors (Lipinski definition) is 4. The molecule has 4 N–H and O–H groups in total. The molecule has 1 aromatic carbocycles. The predicted molar refractivity (Wildman–Crippen MR) is 84.7 cm³/mol. The largest absolute Gasteiger partial charge is 0.362 e. The minimum absolute atomic E-state index is 0.476. The third kappa shape index (κ3) is 4.46. The Morgan fingerprint density at radius 2 is 1.78 bits per heavy atom. The first-order chi connectivity index (χ1) is 8.54. The first kappa shape index (κ1) is 14.7. The zero-order chi connectivity index (χ0) is 13.5. The van der Waals surface area contributed by atoms with E-state index in [2.05, 4.69) is 41.4 Å². The second-order valence-electron chi connectivity index (χ2n) is 3.81. The first-order valence-corrected chi connectivity index (χ1v) is 6.53. The van der Waals surface area contributed by atoms with Crippen molar-refractivity contribution in [1.82, 2.24) is 16.2 Å². The quantitative estimate of drug-likeness (QED) is 0.492. The third-order valence-electron chi connectivity index (χ3n) is 2.48. The van der Waals surface area contributed by atoms with Gasteiger partial charge in [-0.25, -0.2) is 0 Å². The van der Waals surface area contributed by atoms with Crippen LogP contribution in [0.25, 0.3) is 0 Å². The van der Waals surface area contributed by atoms with E-state index in [0.717, 1.165) is 12.2 Å². The maximum absolute atomic E-state index is 5.17. The Kier molecular flexibility index (Phi) is 5.80. The molecular weight excluding hydrogens is 264 g/mol. The molecule has 0 aromatic heterocycles. The van der Waals surface area contributed by atoms with E-state index in [1.54, 1.807) is 0 Å². The SMILES string of the molecule is CCNC(=S)NNC(=S)Nc1cccc(C)c1C. The minimum atomic E-state index is 0.476. The molecule has 0 fully saturated rings. The second kappa shape index (κ2) is 7.13. The molecule has 0 radical (unpaired) electrons. The van der Waals surface area contributed by atoms with Gasteiger partial charge in [-0.15, -0.1) is 0 Å². The van der Waals surface area contributed by atoms with Gasteiger partial charge < -0.3 is 10.6 Å². The fraction of sp³-hybridized carbons (Fsp3) is 0.333. The number of hydrogen-bond acceptors (Lipinski definition) is 2. The zero-order valence-electron chi connectivity index (χ0n) is 10.8. The molecular formula is C12H18N4S2. The van der Waals surface area contributed by atoms with Crippen LogP contribution in [0.5, 0.6) is 0 Å². The zero-order valence-corrected chi connectivity index (χ0v) is 12.4. The lowest BCUT2D eigenvalue weighted by Crippen LogP contribution is -2.48. The smallest absolute Gasteiger partial charge is 0.189 e. The fourth-order valence-corrected chi connectivity index (χ4v) is 1.71. The summed E-state index contributed by atoms with van der Waals surface area (Å²) in [5.41, 5.74) is 9.02. The molecule has 0 atom stereocenters. The van der Waals surface area contributed by atoms with Gasteiger partial charge in [0.15, 0.2) is 10.2 Å². The molecule has 18 heavy (non-hydrogen) atoms. The lowest BCUT2D eigenvalue weighted by atomic mass is 10.1. The van der Waals surface area contributed by atoms with Gasteiger partial charge >= 0.3 is 0 Å². The average molecular weight is 282 g/mol. The van der Waals surface area contributed by atoms with E-state index in [0.29, 0.717) is 10.2 Å².